The number of likely N-dealkylation sites (tertiary alicyclic amines) is 3. The third-order valence-electron chi connectivity index (χ3n) is 18.6. The molecule has 17 nitrogen and oxygen atoms in total. The van der Waals surface area contributed by atoms with E-state index in [1.807, 2.05) is 39.6 Å². The maximum Gasteiger partial charge on any atom is 0.238 e. The van der Waals surface area contributed by atoms with E-state index in [1.54, 1.807) is 24.8 Å². The Labute approximate surface area is 449 Å². The van der Waals surface area contributed by atoms with E-state index in [0.29, 0.717) is 82.3 Å². The van der Waals surface area contributed by atoms with Crippen molar-refractivity contribution in [2.45, 2.75) is 146 Å². The van der Waals surface area contributed by atoms with Crippen molar-refractivity contribution >= 4 is 63.6 Å². The van der Waals surface area contributed by atoms with Crippen LogP contribution in [0.15, 0.2) is 67.4 Å². The lowest BCUT2D eigenvalue weighted by Crippen LogP contribution is -2.58. The fourth-order valence-corrected chi connectivity index (χ4v) is 13.9. The predicted molar refractivity (Wildman–Crippen MR) is 291 cm³/mol. The van der Waals surface area contributed by atoms with Crippen molar-refractivity contribution in [2.75, 3.05) is 61.4 Å². The zero-order valence-corrected chi connectivity index (χ0v) is 44.6. The van der Waals surface area contributed by atoms with Crippen LogP contribution in [0.2, 0.25) is 0 Å². The number of carbonyl (C=O) groups is 5. The number of nitrogens with one attached hydrogen (secondary N) is 2. The molecule has 5 amide bonds. The second-order valence-corrected chi connectivity index (χ2v) is 23.3. The first kappa shape index (κ1) is 51.0. The largest absolute Gasteiger partial charge is 0.357 e. The molecule has 2 saturated carbocycles. The van der Waals surface area contributed by atoms with E-state index in [-0.39, 0.29) is 71.1 Å². The number of aromatic nitrogens is 5. The fourth-order valence-electron chi connectivity index (χ4n) is 13.9. The highest BCUT2D eigenvalue weighted by Gasteiger charge is 2.56. The molecule has 0 bridgehead atoms. The Morgan fingerprint density at radius 1 is 0.805 bits per heavy atom. The number of rotatable bonds is 11. The van der Waals surface area contributed by atoms with E-state index in [4.69, 9.17) is 9.97 Å². The highest BCUT2D eigenvalue weighted by atomic mass is 19.1. The number of piperidine rings is 4. The van der Waals surface area contributed by atoms with Crippen molar-refractivity contribution < 1.29 is 28.4 Å². The molecule has 18 heteroatoms. The van der Waals surface area contributed by atoms with Crippen LogP contribution in [0.4, 0.5) is 27.4 Å². The average Bonchev–Trinajstić information content (AvgIpc) is 4.20. The Hall–Kier alpha value is -6.82. The van der Waals surface area contributed by atoms with Gasteiger partial charge in [0.05, 0.1) is 40.8 Å². The van der Waals surface area contributed by atoms with Crippen LogP contribution in [0, 0.1) is 17.7 Å². The smallest absolute Gasteiger partial charge is 0.238 e. The highest BCUT2D eigenvalue weighted by Crippen LogP contribution is 2.52. The van der Waals surface area contributed by atoms with E-state index < -0.39 is 11.2 Å². The standard InChI is InChI=1S/C59H71FN12O5/c1-36(2)71-35-63-49-32-48(65-54(53(49)71)64-47-17-22-61-34-46(47)60)39-9-14-45-50(29-39)72(43-30-42(31-43)68-23-5-4-6-24-68)58(77)59(45)20-27-70(28-21-59)57(76)38-18-25-69(26-19-38)56(75)37-7-11-41(12-8-37)67(3)51-15-10-40(33-62-51)44-13-16-52(73)66-55(44)74/h9-10,14-15,17,22,29,32-38,41-44H,4-8,11-13,16,18-21,23-28,30-31H2,1-3H3,(H,61,64,65)(H,66,73,74)/t37-,41-,42-,43+,44?. The minimum absolute atomic E-state index is 0.0429. The molecule has 77 heavy (non-hydrogen) atoms. The summed E-state index contributed by atoms with van der Waals surface area (Å²) in [6, 6.07) is 14.6. The molecule has 4 aromatic heterocycles. The maximum absolute atomic E-state index is 15.3. The van der Waals surface area contributed by atoms with Gasteiger partial charge in [-0.15, -0.1) is 0 Å². The number of hydrogen-bond acceptors (Lipinski definition) is 12. The van der Waals surface area contributed by atoms with Crippen molar-refractivity contribution in [1.29, 1.82) is 0 Å². The molecule has 1 aromatic carbocycles. The molecule has 5 aliphatic heterocycles. The number of fused-ring (bicyclic) bond motifs is 3. The third kappa shape index (κ3) is 9.51. The second kappa shape index (κ2) is 20.9. The number of nitrogens with zero attached hydrogens (tertiary/aromatic N) is 10. The molecule has 5 aromatic rings. The average molecular weight is 1050 g/mol. The summed E-state index contributed by atoms with van der Waals surface area (Å²) in [4.78, 5) is 97.1. The van der Waals surface area contributed by atoms with Crippen LogP contribution in [0.1, 0.15) is 133 Å². The Balaban J connectivity index is 0.701. The summed E-state index contributed by atoms with van der Waals surface area (Å²) in [6.45, 7) is 8.50. The van der Waals surface area contributed by atoms with E-state index in [0.717, 1.165) is 90.8 Å². The molecule has 6 fully saturated rings. The summed E-state index contributed by atoms with van der Waals surface area (Å²) in [7, 11) is 2.04. The van der Waals surface area contributed by atoms with Crippen molar-refractivity contribution in [3.63, 3.8) is 0 Å². The summed E-state index contributed by atoms with van der Waals surface area (Å²) in [6.07, 6.45) is 18.3. The van der Waals surface area contributed by atoms with Gasteiger partial charge in [0.15, 0.2) is 11.6 Å². The first-order valence-corrected chi connectivity index (χ1v) is 28.4. The summed E-state index contributed by atoms with van der Waals surface area (Å²) in [5.74, 6) is 0.199. The van der Waals surface area contributed by atoms with Crippen LogP contribution < -0.4 is 20.4 Å². The number of pyridine rings is 3. The topological polar surface area (TPSA) is 182 Å². The summed E-state index contributed by atoms with van der Waals surface area (Å²) in [5.41, 5.74) is 5.26. The minimum atomic E-state index is -0.748. The Morgan fingerprint density at radius 3 is 2.22 bits per heavy atom. The van der Waals surface area contributed by atoms with Gasteiger partial charge in [-0.2, -0.15) is 0 Å². The Morgan fingerprint density at radius 2 is 1.53 bits per heavy atom. The van der Waals surface area contributed by atoms with Crippen LogP contribution in [0.25, 0.3) is 22.3 Å². The van der Waals surface area contributed by atoms with E-state index in [1.165, 1.54) is 25.5 Å². The van der Waals surface area contributed by atoms with Crippen LogP contribution in [-0.2, 0) is 29.4 Å². The summed E-state index contributed by atoms with van der Waals surface area (Å²) >= 11 is 0. The molecule has 1 atom stereocenters. The van der Waals surface area contributed by atoms with Gasteiger partial charge in [0.2, 0.25) is 29.5 Å². The van der Waals surface area contributed by atoms with Gasteiger partial charge >= 0.3 is 0 Å². The first-order chi connectivity index (χ1) is 37.3. The number of imide groups is 1. The lowest BCUT2D eigenvalue weighted by Gasteiger charge is -2.48. The lowest BCUT2D eigenvalue weighted by atomic mass is 9.73. The first-order valence-electron chi connectivity index (χ1n) is 28.4. The van der Waals surface area contributed by atoms with Gasteiger partial charge in [-0.1, -0.05) is 24.6 Å². The molecule has 2 aliphatic carbocycles. The molecule has 2 N–H and O–H groups in total. The molecule has 4 saturated heterocycles. The number of imidazole rings is 1. The molecule has 7 aliphatic rings. The van der Waals surface area contributed by atoms with Crippen LogP contribution in [0.3, 0.4) is 0 Å². The van der Waals surface area contributed by atoms with E-state index in [2.05, 4.69) is 67.3 Å². The van der Waals surface area contributed by atoms with Gasteiger partial charge < -0.3 is 34.4 Å². The van der Waals surface area contributed by atoms with E-state index in [9.17, 15) is 19.2 Å². The number of hydrogen-bond donors (Lipinski definition) is 2. The number of carbonyl (C=O) groups excluding carboxylic acids is 5. The third-order valence-corrected chi connectivity index (χ3v) is 18.6. The van der Waals surface area contributed by atoms with Crippen LogP contribution in [-0.4, -0.2) is 133 Å². The predicted octanol–water partition coefficient (Wildman–Crippen LogP) is 8.03. The van der Waals surface area contributed by atoms with E-state index >= 15 is 9.18 Å². The monoisotopic (exact) mass is 1050 g/mol. The van der Waals surface area contributed by atoms with Crippen molar-refractivity contribution in [3.8, 4) is 11.3 Å². The van der Waals surface area contributed by atoms with Crippen molar-refractivity contribution in [2.24, 2.45) is 11.8 Å². The maximum atomic E-state index is 15.3. The minimum Gasteiger partial charge on any atom is -0.357 e. The molecule has 9 heterocycles. The SMILES string of the molecule is CC(C)n1cnc2cc(-c3ccc4c(c3)N([C@H]3C[C@@H](N5CCCCC5)C3)C(=O)C43CCN(C(=O)C4CCN(C(=O)[C@H]5CC[C@H](N(C)c6ccc(C7CCC(=O)NC7=O)cn6)CC5)CC4)CC3)nc(Nc3ccncc3F)c21. The molecule has 0 radical (unpaired) electrons. The Kier molecular flexibility index (Phi) is 13.8. The molecule has 1 unspecified atom stereocenters. The van der Waals surface area contributed by atoms with Crippen molar-refractivity contribution in [1.82, 2.24) is 44.5 Å². The fraction of sp³-hybridized carbons (Fsp3) is 0.542. The molecule has 12 rings (SSSR count). The molecule has 1 spiro atoms. The summed E-state index contributed by atoms with van der Waals surface area (Å²) < 4.78 is 17.1. The van der Waals surface area contributed by atoms with Gasteiger partial charge in [-0.25, -0.2) is 19.3 Å². The van der Waals surface area contributed by atoms with Gasteiger partial charge in [-0.05, 0) is 146 Å². The van der Waals surface area contributed by atoms with Gasteiger partial charge in [0.1, 0.15) is 11.3 Å². The normalized spacial score (nSPS) is 25.0. The number of benzene rings is 1. The summed E-state index contributed by atoms with van der Waals surface area (Å²) in [5, 5.41) is 5.68. The van der Waals surface area contributed by atoms with Crippen LogP contribution >= 0.6 is 0 Å². The molecular formula is C59H71FN12O5. The number of halogens is 1. The zero-order valence-electron chi connectivity index (χ0n) is 44.6. The lowest BCUT2D eigenvalue weighted by molar-refractivity contribution is -0.144. The second-order valence-electron chi connectivity index (χ2n) is 23.3. The molecule has 404 valence electrons. The number of anilines is 4. The van der Waals surface area contributed by atoms with Gasteiger partial charge in [0.25, 0.3) is 0 Å². The number of amides is 5. The van der Waals surface area contributed by atoms with Crippen LogP contribution in [0.5, 0.6) is 0 Å². The van der Waals surface area contributed by atoms with Gasteiger partial charge in [0, 0.05) is 99.3 Å². The Bertz CT molecular complexity index is 3070. The molecular weight excluding hydrogens is 976 g/mol. The highest BCUT2D eigenvalue weighted by molar-refractivity contribution is 6.09. The van der Waals surface area contributed by atoms with Crippen molar-refractivity contribution in [3.05, 3.63) is 84.3 Å². The zero-order chi connectivity index (χ0) is 53.1. The van der Waals surface area contributed by atoms with Gasteiger partial charge in [-0.3, -0.25) is 34.3 Å². The quantitative estimate of drug-likeness (QED) is 0.122.